The topological polar surface area (TPSA) is 19.1 Å². The van der Waals surface area contributed by atoms with Crippen molar-refractivity contribution in [3.8, 4) is 45.1 Å². The van der Waals surface area contributed by atoms with E-state index in [1.807, 2.05) is 11.6 Å². The van der Waals surface area contributed by atoms with Crippen LogP contribution in [0.25, 0.3) is 77.2 Å². The first-order valence-electron chi connectivity index (χ1n) is 18.1. The summed E-state index contributed by atoms with van der Waals surface area (Å²) in [4.78, 5) is 1.29. The lowest BCUT2D eigenvalue weighted by atomic mass is 9.57. The molecular weight excluding hydrogens is 663 g/mol. The van der Waals surface area contributed by atoms with Gasteiger partial charge in [0.05, 0.1) is 22.1 Å². The highest BCUT2D eigenvalue weighted by Crippen LogP contribution is 2.45. The minimum atomic E-state index is 0.102. The predicted molar refractivity (Wildman–Crippen MR) is 223 cm³/mol. The molecule has 0 saturated carbocycles. The lowest BCUT2D eigenvalue weighted by Gasteiger charge is -2.33. The Kier molecular flexibility index (Phi) is 6.08. The van der Waals surface area contributed by atoms with Gasteiger partial charge in [0.15, 0.2) is 0 Å². The van der Waals surface area contributed by atoms with Gasteiger partial charge in [-0.05, 0) is 106 Å². The van der Waals surface area contributed by atoms with Crippen molar-refractivity contribution in [3.63, 3.8) is 0 Å². The number of nitrogens with zero attached hydrogens (tertiary/aromatic N) is 2. The van der Waals surface area contributed by atoms with Crippen molar-refractivity contribution in [2.45, 2.75) is 4.90 Å². The average molecular weight is 693 g/mol. The summed E-state index contributed by atoms with van der Waals surface area (Å²) < 4.78 is 11.7. The Morgan fingerprint density at radius 3 is 1.62 bits per heavy atom. The zero-order valence-corrected chi connectivity index (χ0v) is 29.3. The van der Waals surface area contributed by atoms with Gasteiger partial charge in [0.1, 0.15) is 11.5 Å². The summed E-state index contributed by atoms with van der Waals surface area (Å²) in [6.07, 6.45) is 0. The van der Waals surface area contributed by atoms with Crippen molar-refractivity contribution in [1.82, 2.24) is 9.13 Å². The van der Waals surface area contributed by atoms with E-state index in [0.717, 1.165) is 34.0 Å². The van der Waals surface area contributed by atoms with Crippen LogP contribution in [0.15, 0.2) is 181 Å². The Morgan fingerprint density at radius 1 is 0.415 bits per heavy atom. The summed E-state index contributed by atoms with van der Waals surface area (Å²) in [6, 6.07) is 64.0. The highest BCUT2D eigenvalue weighted by Gasteiger charge is 2.39. The van der Waals surface area contributed by atoms with E-state index in [9.17, 15) is 0 Å². The van der Waals surface area contributed by atoms with Crippen molar-refractivity contribution in [3.05, 3.63) is 176 Å². The fraction of sp³-hybridized carbons (Fsp3) is 0. The quantitative estimate of drug-likeness (QED) is 0.172. The Hall–Kier alpha value is -6.43. The molecule has 0 bridgehead atoms. The molecule has 12 rings (SSSR count). The second-order valence-corrected chi connectivity index (χ2v) is 15.2. The van der Waals surface area contributed by atoms with Crippen LogP contribution in [0.5, 0.6) is 11.5 Å². The maximum absolute atomic E-state index is 6.94. The summed E-state index contributed by atoms with van der Waals surface area (Å²) in [5, 5.41) is 5.06. The molecule has 0 aliphatic carbocycles. The molecule has 0 fully saturated rings. The molecule has 0 amide bonds. The number of hydrogen-bond acceptors (Lipinski definition) is 2. The minimum Gasteiger partial charge on any atom is -0.458 e. The van der Waals surface area contributed by atoms with Crippen molar-refractivity contribution in [2.75, 3.05) is 0 Å². The SMILES string of the molecule is c1cc(-c2cc3c4c(c2)-c2ccccc2SB4c2cc(-n4c5ccccc5c5ccccc54)ccc2O3)cc(-n2c3ccccc3c3ccccc32)c1. The molecule has 0 saturated heterocycles. The Labute approximate surface area is 310 Å². The first-order valence-corrected chi connectivity index (χ1v) is 19.0. The standard InChI is InChI=1S/C48H29BN2OS/c1-6-19-41-34(14-1)35-15-2-7-20-42(35)50(41)32-13-11-12-30(26-32)31-27-39-38-18-5-10-23-47(38)53-49-40-29-33(24-25-45(40)52-46(28-31)48(39)49)51-43-21-8-3-16-36(43)37-17-4-9-22-44(37)51/h1-29H. The van der Waals surface area contributed by atoms with E-state index in [-0.39, 0.29) is 5.99 Å². The summed E-state index contributed by atoms with van der Waals surface area (Å²) in [5.41, 5.74) is 14.4. The predicted octanol–water partition coefficient (Wildman–Crippen LogP) is 11.5. The van der Waals surface area contributed by atoms with Crippen LogP contribution in [-0.4, -0.2) is 15.1 Å². The molecule has 0 unspecified atom stereocenters. The monoisotopic (exact) mass is 692 g/mol. The first-order chi connectivity index (χ1) is 26.3. The number of para-hydroxylation sites is 4. The van der Waals surface area contributed by atoms with Gasteiger partial charge in [-0.3, -0.25) is 0 Å². The smallest absolute Gasteiger partial charge is 0.289 e. The molecule has 246 valence electrons. The zero-order valence-electron chi connectivity index (χ0n) is 28.5. The molecule has 2 aliphatic heterocycles. The van der Waals surface area contributed by atoms with E-state index in [0.29, 0.717) is 0 Å². The molecule has 0 radical (unpaired) electrons. The zero-order chi connectivity index (χ0) is 34.6. The van der Waals surface area contributed by atoms with Crippen LogP contribution in [0, 0.1) is 0 Å². The number of benzene rings is 8. The number of hydrogen-bond donors (Lipinski definition) is 0. The van der Waals surface area contributed by atoms with Crippen LogP contribution in [0.1, 0.15) is 0 Å². The number of rotatable bonds is 3. The molecule has 2 aliphatic rings. The fourth-order valence-electron chi connectivity index (χ4n) is 8.89. The van der Waals surface area contributed by atoms with Crippen molar-refractivity contribution >= 4 is 72.1 Å². The van der Waals surface area contributed by atoms with Gasteiger partial charge in [0.2, 0.25) is 0 Å². The van der Waals surface area contributed by atoms with Gasteiger partial charge in [0.25, 0.3) is 5.99 Å². The van der Waals surface area contributed by atoms with Gasteiger partial charge in [0, 0.05) is 37.8 Å². The second-order valence-electron chi connectivity index (χ2n) is 14.0. The van der Waals surface area contributed by atoms with Gasteiger partial charge in [-0.1, -0.05) is 103 Å². The van der Waals surface area contributed by atoms with Gasteiger partial charge < -0.3 is 13.9 Å². The average Bonchev–Trinajstić information content (AvgIpc) is 3.74. The van der Waals surface area contributed by atoms with E-state index in [1.165, 1.54) is 70.6 Å². The molecular formula is C48H29BN2OS. The van der Waals surface area contributed by atoms with Gasteiger partial charge >= 0.3 is 0 Å². The Bertz CT molecular complexity index is 3050. The van der Waals surface area contributed by atoms with Gasteiger partial charge in [-0.15, -0.1) is 0 Å². The van der Waals surface area contributed by atoms with Gasteiger partial charge in [-0.25, -0.2) is 0 Å². The molecule has 2 aromatic heterocycles. The molecule has 53 heavy (non-hydrogen) atoms. The molecule has 0 N–H and O–H groups in total. The van der Waals surface area contributed by atoms with Crippen LogP contribution < -0.4 is 15.7 Å². The van der Waals surface area contributed by atoms with E-state index in [1.54, 1.807) is 0 Å². The first kappa shape index (κ1) is 29.2. The van der Waals surface area contributed by atoms with E-state index in [4.69, 9.17) is 4.74 Å². The third-order valence-electron chi connectivity index (χ3n) is 11.2. The Morgan fingerprint density at radius 2 is 0.981 bits per heavy atom. The normalized spacial score (nSPS) is 12.9. The number of fused-ring (bicyclic) bond motifs is 10. The summed E-state index contributed by atoms with van der Waals surface area (Å²) >= 11 is 1.93. The third kappa shape index (κ3) is 4.20. The maximum Gasteiger partial charge on any atom is 0.289 e. The summed E-state index contributed by atoms with van der Waals surface area (Å²) in [7, 11) is 0. The van der Waals surface area contributed by atoms with Crippen LogP contribution in [0.4, 0.5) is 0 Å². The largest absolute Gasteiger partial charge is 0.458 e. The van der Waals surface area contributed by atoms with E-state index >= 15 is 0 Å². The van der Waals surface area contributed by atoms with Crippen molar-refractivity contribution in [1.29, 1.82) is 0 Å². The molecule has 10 aromatic rings. The minimum absolute atomic E-state index is 0.102. The molecule has 0 spiro atoms. The highest BCUT2D eigenvalue weighted by atomic mass is 32.2. The third-order valence-corrected chi connectivity index (χ3v) is 12.5. The number of ether oxygens (including phenoxy) is 1. The van der Waals surface area contributed by atoms with Crippen LogP contribution in [0.3, 0.4) is 0 Å². The fourth-order valence-corrected chi connectivity index (χ4v) is 10.3. The van der Waals surface area contributed by atoms with Crippen molar-refractivity contribution in [2.24, 2.45) is 0 Å². The molecule has 0 atom stereocenters. The van der Waals surface area contributed by atoms with Gasteiger partial charge in [-0.2, -0.15) is 11.6 Å². The highest BCUT2D eigenvalue weighted by molar-refractivity contribution is 8.28. The lowest BCUT2D eigenvalue weighted by molar-refractivity contribution is 0.488. The molecule has 5 heteroatoms. The van der Waals surface area contributed by atoms with E-state index < -0.39 is 0 Å². The van der Waals surface area contributed by atoms with E-state index in [2.05, 4.69) is 185 Å². The summed E-state index contributed by atoms with van der Waals surface area (Å²) in [5.74, 6) is 1.95. The summed E-state index contributed by atoms with van der Waals surface area (Å²) in [6.45, 7) is 0. The van der Waals surface area contributed by atoms with Crippen LogP contribution >= 0.6 is 11.6 Å². The maximum atomic E-state index is 6.94. The number of aromatic nitrogens is 2. The van der Waals surface area contributed by atoms with Crippen LogP contribution in [0.2, 0.25) is 0 Å². The Balaban J connectivity index is 1.03. The second kappa shape index (κ2) is 11.0. The molecule has 4 heterocycles. The molecule has 3 nitrogen and oxygen atoms in total. The van der Waals surface area contributed by atoms with Crippen LogP contribution in [-0.2, 0) is 0 Å². The molecule has 8 aromatic carbocycles. The van der Waals surface area contributed by atoms with Crippen molar-refractivity contribution < 1.29 is 4.74 Å². The lowest BCUT2D eigenvalue weighted by Crippen LogP contribution is -2.46.